The molecular formula is C15H29N3O2. The van der Waals surface area contributed by atoms with Gasteiger partial charge >= 0.3 is 0 Å². The van der Waals surface area contributed by atoms with Crippen LogP contribution in [0.4, 0.5) is 0 Å². The topological polar surface area (TPSA) is 84.2 Å². The van der Waals surface area contributed by atoms with Crippen LogP contribution in [0.5, 0.6) is 0 Å². The van der Waals surface area contributed by atoms with E-state index in [9.17, 15) is 9.59 Å². The third kappa shape index (κ3) is 6.37. The number of nitrogens with one attached hydrogen (secondary N) is 2. The first-order valence-electron chi connectivity index (χ1n) is 7.84. The molecule has 5 nitrogen and oxygen atoms in total. The first kappa shape index (κ1) is 17.0. The van der Waals surface area contributed by atoms with Crippen LogP contribution >= 0.6 is 0 Å². The van der Waals surface area contributed by atoms with Crippen molar-refractivity contribution in [1.29, 1.82) is 0 Å². The first-order valence-corrected chi connectivity index (χ1v) is 7.84. The Bertz CT molecular complexity index is 320. The van der Waals surface area contributed by atoms with Crippen molar-refractivity contribution in [2.75, 3.05) is 6.54 Å². The van der Waals surface area contributed by atoms with Crippen LogP contribution in [-0.4, -0.2) is 30.4 Å². The molecule has 1 aliphatic rings. The van der Waals surface area contributed by atoms with Gasteiger partial charge in [0.1, 0.15) is 0 Å². The van der Waals surface area contributed by atoms with Gasteiger partial charge in [-0.25, -0.2) is 0 Å². The zero-order chi connectivity index (χ0) is 15.0. The van der Waals surface area contributed by atoms with Crippen molar-refractivity contribution in [3.63, 3.8) is 0 Å². The van der Waals surface area contributed by atoms with Gasteiger partial charge in [0.25, 0.3) is 0 Å². The lowest BCUT2D eigenvalue weighted by Gasteiger charge is -2.27. The Balaban J connectivity index is 2.15. The van der Waals surface area contributed by atoms with Gasteiger partial charge in [-0.1, -0.05) is 19.8 Å². The molecule has 2 amide bonds. The van der Waals surface area contributed by atoms with Crippen molar-refractivity contribution >= 4 is 11.8 Å². The number of nitrogens with two attached hydrogens (primary N) is 1. The number of hydrogen-bond acceptors (Lipinski definition) is 3. The van der Waals surface area contributed by atoms with E-state index in [-0.39, 0.29) is 23.9 Å². The van der Waals surface area contributed by atoms with Crippen molar-refractivity contribution in [2.24, 2.45) is 11.7 Å². The number of carbonyl (C=O) groups is 2. The summed E-state index contributed by atoms with van der Waals surface area (Å²) in [6.07, 6.45) is 6.16. The predicted molar refractivity (Wildman–Crippen MR) is 80.1 cm³/mol. The molecular weight excluding hydrogens is 254 g/mol. The van der Waals surface area contributed by atoms with E-state index in [1.807, 2.05) is 13.8 Å². The lowest BCUT2D eigenvalue weighted by molar-refractivity contribution is -0.123. The van der Waals surface area contributed by atoms with E-state index in [0.717, 1.165) is 19.3 Å². The monoisotopic (exact) mass is 283 g/mol. The highest BCUT2D eigenvalue weighted by molar-refractivity contribution is 5.79. The van der Waals surface area contributed by atoms with Gasteiger partial charge in [0, 0.05) is 31.5 Å². The van der Waals surface area contributed by atoms with Crippen LogP contribution < -0.4 is 16.4 Å². The summed E-state index contributed by atoms with van der Waals surface area (Å²) in [7, 11) is 0. The van der Waals surface area contributed by atoms with Crippen LogP contribution in [0.1, 0.15) is 58.8 Å². The summed E-state index contributed by atoms with van der Waals surface area (Å²) in [5, 5.41) is 5.70. The Morgan fingerprint density at radius 2 is 1.95 bits per heavy atom. The number of amides is 2. The van der Waals surface area contributed by atoms with Crippen molar-refractivity contribution in [3.05, 3.63) is 0 Å². The van der Waals surface area contributed by atoms with Gasteiger partial charge in [-0.15, -0.1) is 0 Å². The van der Waals surface area contributed by atoms with E-state index < -0.39 is 0 Å². The number of hydrogen-bond donors (Lipinski definition) is 3. The lowest BCUT2D eigenvalue weighted by atomic mass is 9.83. The van der Waals surface area contributed by atoms with E-state index >= 15 is 0 Å². The van der Waals surface area contributed by atoms with Crippen molar-refractivity contribution in [3.8, 4) is 0 Å². The number of carbonyl (C=O) groups excluding carboxylic acids is 2. The summed E-state index contributed by atoms with van der Waals surface area (Å²) in [6.45, 7) is 4.41. The highest BCUT2D eigenvalue weighted by Crippen LogP contribution is 2.25. The Hall–Kier alpha value is -1.10. The normalized spacial score (nSPS) is 23.9. The maximum atomic E-state index is 11.8. The minimum atomic E-state index is -0.00554. The summed E-state index contributed by atoms with van der Waals surface area (Å²) in [5.74, 6) is 0.315. The summed E-state index contributed by atoms with van der Waals surface area (Å²) in [5.41, 5.74) is 6.03. The fourth-order valence-corrected chi connectivity index (χ4v) is 2.56. The van der Waals surface area contributed by atoms with Gasteiger partial charge in [0.05, 0.1) is 0 Å². The van der Waals surface area contributed by atoms with Crippen molar-refractivity contribution in [1.82, 2.24) is 10.6 Å². The fourth-order valence-electron chi connectivity index (χ4n) is 2.56. The van der Waals surface area contributed by atoms with Crippen molar-refractivity contribution < 1.29 is 9.59 Å². The Morgan fingerprint density at radius 3 is 2.60 bits per heavy atom. The maximum Gasteiger partial charge on any atom is 0.221 e. The van der Waals surface area contributed by atoms with E-state index in [4.69, 9.17) is 5.73 Å². The quantitative estimate of drug-likeness (QED) is 0.659. The predicted octanol–water partition coefficient (Wildman–Crippen LogP) is 1.32. The first-order chi connectivity index (χ1) is 9.52. The molecule has 20 heavy (non-hydrogen) atoms. The SMILES string of the molecule is CCC(C)NC(=O)CCNC(=O)CC1CCCCC1N. The molecule has 0 aliphatic heterocycles. The van der Waals surface area contributed by atoms with Gasteiger partial charge in [-0.05, 0) is 32.1 Å². The molecule has 0 aromatic heterocycles. The highest BCUT2D eigenvalue weighted by atomic mass is 16.2. The molecule has 0 spiro atoms. The van der Waals surface area contributed by atoms with E-state index in [1.54, 1.807) is 0 Å². The summed E-state index contributed by atoms with van der Waals surface area (Å²) < 4.78 is 0. The zero-order valence-electron chi connectivity index (χ0n) is 12.8. The zero-order valence-corrected chi connectivity index (χ0v) is 12.8. The molecule has 3 atom stereocenters. The summed E-state index contributed by atoms with van der Waals surface area (Å²) in [6, 6.07) is 0.349. The van der Waals surface area contributed by atoms with Gasteiger partial charge < -0.3 is 16.4 Å². The molecule has 1 fully saturated rings. The molecule has 0 bridgehead atoms. The van der Waals surface area contributed by atoms with Crippen LogP contribution in [0.25, 0.3) is 0 Å². The van der Waals surface area contributed by atoms with Crippen LogP contribution in [0, 0.1) is 5.92 Å². The van der Waals surface area contributed by atoms with E-state index in [2.05, 4.69) is 10.6 Å². The molecule has 0 aromatic rings. The Kier molecular flexibility index (Phi) is 7.59. The molecule has 4 N–H and O–H groups in total. The lowest BCUT2D eigenvalue weighted by Crippen LogP contribution is -2.38. The van der Waals surface area contributed by atoms with Crippen LogP contribution in [0.2, 0.25) is 0 Å². The standard InChI is InChI=1S/C15H29N3O2/c1-3-11(2)18-14(19)8-9-17-15(20)10-12-6-4-5-7-13(12)16/h11-13H,3-10,16H2,1-2H3,(H,17,20)(H,18,19). The second-order valence-electron chi connectivity index (χ2n) is 5.89. The molecule has 0 aromatic carbocycles. The minimum Gasteiger partial charge on any atom is -0.356 e. The molecule has 3 unspecified atom stereocenters. The van der Waals surface area contributed by atoms with E-state index in [0.29, 0.717) is 25.3 Å². The smallest absolute Gasteiger partial charge is 0.221 e. The third-order valence-electron chi connectivity index (χ3n) is 4.11. The van der Waals surface area contributed by atoms with Crippen molar-refractivity contribution in [2.45, 2.75) is 70.9 Å². The minimum absolute atomic E-state index is 0.00554. The van der Waals surface area contributed by atoms with Crippen LogP contribution in [-0.2, 0) is 9.59 Å². The fraction of sp³-hybridized carbons (Fsp3) is 0.867. The molecule has 1 aliphatic carbocycles. The average molecular weight is 283 g/mol. The second kappa shape index (κ2) is 8.95. The second-order valence-corrected chi connectivity index (χ2v) is 5.89. The van der Waals surface area contributed by atoms with Crippen LogP contribution in [0.15, 0.2) is 0 Å². The largest absolute Gasteiger partial charge is 0.356 e. The van der Waals surface area contributed by atoms with Gasteiger partial charge in [-0.3, -0.25) is 9.59 Å². The van der Waals surface area contributed by atoms with Gasteiger partial charge in [-0.2, -0.15) is 0 Å². The molecule has 0 heterocycles. The van der Waals surface area contributed by atoms with Crippen LogP contribution in [0.3, 0.4) is 0 Å². The molecule has 0 radical (unpaired) electrons. The summed E-state index contributed by atoms with van der Waals surface area (Å²) >= 11 is 0. The Morgan fingerprint density at radius 1 is 1.25 bits per heavy atom. The molecule has 5 heteroatoms. The highest BCUT2D eigenvalue weighted by Gasteiger charge is 2.23. The van der Waals surface area contributed by atoms with Gasteiger partial charge in [0.2, 0.25) is 11.8 Å². The third-order valence-corrected chi connectivity index (χ3v) is 4.11. The molecule has 116 valence electrons. The van der Waals surface area contributed by atoms with Gasteiger partial charge in [0.15, 0.2) is 0 Å². The number of rotatable bonds is 7. The summed E-state index contributed by atoms with van der Waals surface area (Å²) in [4.78, 5) is 23.4. The van der Waals surface area contributed by atoms with E-state index in [1.165, 1.54) is 12.8 Å². The molecule has 0 saturated heterocycles. The average Bonchev–Trinajstić information content (AvgIpc) is 2.41. The molecule has 1 saturated carbocycles. The molecule has 1 rings (SSSR count). The Labute approximate surface area is 122 Å². The maximum absolute atomic E-state index is 11.8.